The van der Waals surface area contributed by atoms with Gasteiger partial charge in [-0.25, -0.2) is 9.97 Å². The standard InChI is InChI=1S/C10H13BrN4O/c11-8-5-14-9(6-13-8)15-10(16)3-7-1-2-12-4-7/h5-7,12H,1-4H2,(H,14,15,16). The Labute approximate surface area is 102 Å². The minimum atomic E-state index is 0.00493. The van der Waals surface area contributed by atoms with Crippen LogP contribution in [0.4, 0.5) is 5.82 Å². The molecular weight excluding hydrogens is 272 g/mol. The van der Waals surface area contributed by atoms with Crippen LogP contribution in [0.2, 0.25) is 0 Å². The summed E-state index contributed by atoms with van der Waals surface area (Å²) >= 11 is 3.19. The number of anilines is 1. The molecule has 0 spiro atoms. The Hall–Kier alpha value is -1.01. The SMILES string of the molecule is O=C(CC1CCNC1)Nc1cnc(Br)cn1. The lowest BCUT2D eigenvalue weighted by Gasteiger charge is -2.08. The normalized spacial score (nSPS) is 19.7. The van der Waals surface area contributed by atoms with Crippen molar-refractivity contribution in [2.24, 2.45) is 5.92 Å². The third-order valence-electron chi connectivity index (χ3n) is 2.52. The maximum absolute atomic E-state index is 11.6. The molecule has 1 aliphatic heterocycles. The molecule has 1 amide bonds. The number of carbonyl (C=O) groups excluding carboxylic acids is 1. The number of carbonyl (C=O) groups is 1. The Morgan fingerprint density at radius 3 is 3.06 bits per heavy atom. The minimum absolute atomic E-state index is 0.00493. The first kappa shape index (κ1) is 11.5. The van der Waals surface area contributed by atoms with E-state index in [-0.39, 0.29) is 5.91 Å². The summed E-state index contributed by atoms with van der Waals surface area (Å²) in [6, 6.07) is 0. The molecule has 6 heteroatoms. The van der Waals surface area contributed by atoms with Crippen molar-refractivity contribution in [1.29, 1.82) is 0 Å². The van der Waals surface area contributed by atoms with E-state index in [1.54, 1.807) is 6.20 Å². The Morgan fingerprint density at radius 1 is 1.56 bits per heavy atom. The van der Waals surface area contributed by atoms with Crippen LogP contribution >= 0.6 is 15.9 Å². The van der Waals surface area contributed by atoms with Crippen molar-refractivity contribution in [3.05, 3.63) is 17.0 Å². The number of hydrogen-bond donors (Lipinski definition) is 2. The smallest absolute Gasteiger partial charge is 0.225 e. The second-order valence-electron chi connectivity index (χ2n) is 3.84. The quantitative estimate of drug-likeness (QED) is 0.875. The van der Waals surface area contributed by atoms with E-state index >= 15 is 0 Å². The van der Waals surface area contributed by atoms with Crippen LogP contribution in [0.1, 0.15) is 12.8 Å². The van der Waals surface area contributed by atoms with Gasteiger partial charge in [0.25, 0.3) is 0 Å². The fourth-order valence-electron chi connectivity index (χ4n) is 1.72. The molecule has 2 heterocycles. The van der Waals surface area contributed by atoms with E-state index in [0.29, 0.717) is 22.8 Å². The zero-order valence-corrected chi connectivity index (χ0v) is 10.3. The summed E-state index contributed by atoms with van der Waals surface area (Å²) < 4.78 is 0.658. The van der Waals surface area contributed by atoms with E-state index in [2.05, 4.69) is 36.5 Å². The maximum atomic E-state index is 11.6. The molecule has 1 atom stereocenters. The summed E-state index contributed by atoms with van der Waals surface area (Å²) in [4.78, 5) is 19.7. The van der Waals surface area contributed by atoms with Crippen LogP contribution in [-0.2, 0) is 4.79 Å². The Morgan fingerprint density at radius 2 is 2.44 bits per heavy atom. The molecule has 0 bridgehead atoms. The Kier molecular flexibility index (Phi) is 3.84. The van der Waals surface area contributed by atoms with Crippen LogP contribution < -0.4 is 10.6 Å². The van der Waals surface area contributed by atoms with Crippen molar-refractivity contribution < 1.29 is 4.79 Å². The minimum Gasteiger partial charge on any atom is -0.316 e. The number of hydrogen-bond acceptors (Lipinski definition) is 4. The van der Waals surface area contributed by atoms with Crippen molar-refractivity contribution in [2.75, 3.05) is 18.4 Å². The van der Waals surface area contributed by atoms with Gasteiger partial charge in [-0.1, -0.05) is 0 Å². The van der Waals surface area contributed by atoms with Crippen molar-refractivity contribution in [3.63, 3.8) is 0 Å². The molecule has 1 fully saturated rings. The number of nitrogens with zero attached hydrogens (tertiary/aromatic N) is 2. The highest BCUT2D eigenvalue weighted by Gasteiger charge is 2.18. The monoisotopic (exact) mass is 284 g/mol. The molecule has 1 aromatic heterocycles. The van der Waals surface area contributed by atoms with Gasteiger partial charge in [0.05, 0.1) is 12.4 Å². The molecule has 0 aliphatic carbocycles. The predicted molar refractivity (Wildman–Crippen MR) is 64.0 cm³/mol. The fourth-order valence-corrected chi connectivity index (χ4v) is 1.93. The van der Waals surface area contributed by atoms with Gasteiger partial charge in [0.2, 0.25) is 5.91 Å². The predicted octanol–water partition coefficient (Wildman–Crippen LogP) is 1.18. The van der Waals surface area contributed by atoms with E-state index in [1.807, 2.05) is 0 Å². The molecule has 16 heavy (non-hydrogen) atoms. The summed E-state index contributed by atoms with van der Waals surface area (Å²) in [6.07, 6.45) is 4.71. The maximum Gasteiger partial charge on any atom is 0.225 e. The largest absolute Gasteiger partial charge is 0.316 e. The number of amides is 1. The first-order valence-corrected chi connectivity index (χ1v) is 6.01. The van der Waals surface area contributed by atoms with Crippen molar-refractivity contribution in [1.82, 2.24) is 15.3 Å². The average molecular weight is 285 g/mol. The summed E-state index contributed by atoms with van der Waals surface area (Å²) in [5.41, 5.74) is 0. The van der Waals surface area contributed by atoms with Gasteiger partial charge < -0.3 is 10.6 Å². The third kappa shape index (κ3) is 3.24. The second-order valence-corrected chi connectivity index (χ2v) is 4.65. The first-order valence-electron chi connectivity index (χ1n) is 5.22. The Bertz CT molecular complexity index is 362. The lowest BCUT2D eigenvalue weighted by Crippen LogP contribution is -2.18. The van der Waals surface area contributed by atoms with E-state index in [0.717, 1.165) is 19.5 Å². The van der Waals surface area contributed by atoms with E-state index in [4.69, 9.17) is 0 Å². The second kappa shape index (κ2) is 5.36. The molecule has 5 nitrogen and oxygen atoms in total. The highest BCUT2D eigenvalue weighted by atomic mass is 79.9. The molecular formula is C10H13BrN4O. The molecule has 0 saturated carbocycles. The van der Waals surface area contributed by atoms with Gasteiger partial charge in [-0.3, -0.25) is 4.79 Å². The van der Waals surface area contributed by atoms with Crippen molar-refractivity contribution in [3.8, 4) is 0 Å². The van der Waals surface area contributed by atoms with E-state index < -0.39 is 0 Å². The van der Waals surface area contributed by atoms with Crippen LogP contribution in [0.15, 0.2) is 17.0 Å². The highest BCUT2D eigenvalue weighted by Crippen LogP contribution is 2.13. The topological polar surface area (TPSA) is 66.9 Å². The van der Waals surface area contributed by atoms with Gasteiger partial charge in [0, 0.05) is 6.42 Å². The van der Waals surface area contributed by atoms with Crippen LogP contribution in [0.3, 0.4) is 0 Å². The zero-order valence-electron chi connectivity index (χ0n) is 8.74. The molecule has 2 rings (SSSR count). The van der Waals surface area contributed by atoms with Crippen LogP contribution in [0.5, 0.6) is 0 Å². The van der Waals surface area contributed by atoms with Crippen molar-refractivity contribution in [2.45, 2.75) is 12.8 Å². The number of rotatable bonds is 3. The first-order chi connectivity index (χ1) is 7.74. The average Bonchev–Trinajstić information content (AvgIpc) is 2.74. The summed E-state index contributed by atoms with van der Waals surface area (Å²) in [5.74, 6) is 0.952. The van der Waals surface area contributed by atoms with Crippen LogP contribution in [0.25, 0.3) is 0 Å². The van der Waals surface area contributed by atoms with Crippen LogP contribution in [0, 0.1) is 5.92 Å². The molecule has 86 valence electrons. The van der Waals surface area contributed by atoms with Gasteiger partial charge in [-0.05, 0) is 41.4 Å². The third-order valence-corrected chi connectivity index (χ3v) is 2.93. The lowest BCUT2D eigenvalue weighted by atomic mass is 10.0. The van der Waals surface area contributed by atoms with E-state index in [9.17, 15) is 4.79 Å². The van der Waals surface area contributed by atoms with Gasteiger partial charge in [-0.2, -0.15) is 0 Å². The number of halogens is 1. The number of aromatic nitrogens is 2. The summed E-state index contributed by atoms with van der Waals surface area (Å²) in [7, 11) is 0. The summed E-state index contributed by atoms with van der Waals surface area (Å²) in [6.45, 7) is 1.94. The molecule has 1 aromatic rings. The molecule has 1 unspecified atom stereocenters. The lowest BCUT2D eigenvalue weighted by molar-refractivity contribution is -0.117. The van der Waals surface area contributed by atoms with Gasteiger partial charge in [-0.15, -0.1) is 0 Å². The summed E-state index contributed by atoms with van der Waals surface area (Å²) in [5, 5.41) is 5.97. The van der Waals surface area contributed by atoms with E-state index in [1.165, 1.54) is 6.20 Å². The number of nitrogens with one attached hydrogen (secondary N) is 2. The highest BCUT2D eigenvalue weighted by molar-refractivity contribution is 9.10. The molecule has 0 radical (unpaired) electrons. The zero-order chi connectivity index (χ0) is 11.4. The van der Waals surface area contributed by atoms with Gasteiger partial charge >= 0.3 is 0 Å². The molecule has 0 aromatic carbocycles. The molecule has 2 N–H and O–H groups in total. The molecule has 1 aliphatic rings. The van der Waals surface area contributed by atoms with Gasteiger partial charge in [0.1, 0.15) is 4.60 Å². The van der Waals surface area contributed by atoms with Gasteiger partial charge in [0.15, 0.2) is 5.82 Å². The fraction of sp³-hybridized carbons (Fsp3) is 0.500. The van der Waals surface area contributed by atoms with Crippen LogP contribution in [-0.4, -0.2) is 29.0 Å². The molecule has 1 saturated heterocycles. The Balaban J connectivity index is 1.84. The van der Waals surface area contributed by atoms with Crippen molar-refractivity contribution >= 4 is 27.7 Å².